The molecule has 0 aromatic carbocycles. The van der Waals surface area contributed by atoms with Gasteiger partial charge in [-0.05, 0) is 46.5 Å². The molecular formula is C12H22O. The van der Waals surface area contributed by atoms with Crippen molar-refractivity contribution in [3.63, 3.8) is 0 Å². The van der Waals surface area contributed by atoms with E-state index in [0.29, 0.717) is 6.61 Å². The van der Waals surface area contributed by atoms with E-state index in [4.69, 9.17) is 5.11 Å². The van der Waals surface area contributed by atoms with Gasteiger partial charge in [-0.3, -0.25) is 0 Å². The highest BCUT2D eigenvalue weighted by Crippen LogP contribution is 2.09. The summed E-state index contributed by atoms with van der Waals surface area (Å²) >= 11 is 0. The molecule has 0 heterocycles. The number of hydrogen-bond acceptors (Lipinski definition) is 1. The van der Waals surface area contributed by atoms with Crippen molar-refractivity contribution in [2.45, 2.75) is 46.5 Å². The molecule has 0 radical (unpaired) electrons. The molecule has 0 amide bonds. The van der Waals surface area contributed by atoms with Gasteiger partial charge in [-0.2, -0.15) is 0 Å². The molecule has 0 rings (SSSR count). The maximum absolute atomic E-state index is 8.63. The first-order chi connectivity index (χ1) is 6.20. The van der Waals surface area contributed by atoms with E-state index in [1.165, 1.54) is 11.1 Å². The predicted molar refractivity (Wildman–Crippen MR) is 58.7 cm³/mol. The molecular weight excluding hydrogens is 160 g/mol. The summed E-state index contributed by atoms with van der Waals surface area (Å²) in [6, 6.07) is 0. The van der Waals surface area contributed by atoms with Crippen molar-refractivity contribution in [3.05, 3.63) is 23.3 Å². The summed E-state index contributed by atoms with van der Waals surface area (Å²) in [6.45, 7) is 6.69. The Morgan fingerprint density at radius 2 is 1.85 bits per heavy atom. The van der Waals surface area contributed by atoms with Crippen LogP contribution in [0.15, 0.2) is 23.3 Å². The second-order valence-corrected chi connectivity index (χ2v) is 3.55. The molecule has 0 saturated heterocycles. The van der Waals surface area contributed by atoms with Crippen LogP contribution in [0, 0.1) is 0 Å². The zero-order valence-electron chi connectivity index (χ0n) is 9.14. The third kappa shape index (κ3) is 7.79. The normalized spacial score (nSPS) is 13.5. The van der Waals surface area contributed by atoms with Gasteiger partial charge in [0.05, 0.1) is 0 Å². The van der Waals surface area contributed by atoms with Crippen molar-refractivity contribution in [1.82, 2.24) is 0 Å². The number of rotatable bonds is 6. The van der Waals surface area contributed by atoms with E-state index < -0.39 is 0 Å². The molecule has 0 aliphatic carbocycles. The second kappa shape index (κ2) is 8.06. The summed E-state index contributed by atoms with van der Waals surface area (Å²) in [6.07, 6.45) is 8.66. The molecule has 0 aromatic heterocycles. The van der Waals surface area contributed by atoms with Gasteiger partial charge in [0.1, 0.15) is 0 Å². The van der Waals surface area contributed by atoms with Gasteiger partial charge in [-0.1, -0.05) is 23.3 Å². The molecule has 1 nitrogen and oxygen atoms in total. The Balaban J connectivity index is 3.58. The quantitative estimate of drug-likeness (QED) is 0.624. The lowest BCUT2D eigenvalue weighted by Crippen LogP contribution is -1.84. The van der Waals surface area contributed by atoms with Crippen LogP contribution in [0.3, 0.4) is 0 Å². The maximum atomic E-state index is 8.63. The summed E-state index contributed by atoms with van der Waals surface area (Å²) in [7, 11) is 0. The van der Waals surface area contributed by atoms with E-state index in [1.54, 1.807) is 0 Å². The molecule has 0 atom stereocenters. The fourth-order valence-electron chi connectivity index (χ4n) is 1.15. The van der Waals surface area contributed by atoms with Crippen LogP contribution < -0.4 is 0 Å². The summed E-state index contributed by atoms with van der Waals surface area (Å²) in [5.41, 5.74) is 2.85. The zero-order valence-corrected chi connectivity index (χ0v) is 9.14. The fraction of sp³-hybridized carbons (Fsp3) is 0.667. The van der Waals surface area contributed by atoms with Crippen LogP contribution in [0.25, 0.3) is 0 Å². The van der Waals surface area contributed by atoms with Gasteiger partial charge in [0.25, 0.3) is 0 Å². The number of aliphatic hydroxyl groups excluding tert-OH is 1. The molecule has 1 heteroatoms. The Morgan fingerprint density at radius 3 is 2.38 bits per heavy atom. The van der Waals surface area contributed by atoms with Gasteiger partial charge < -0.3 is 5.11 Å². The lowest BCUT2D eigenvalue weighted by atomic mass is 10.1. The molecule has 0 aliphatic rings. The lowest BCUT2D eigenvalue weighted by molar-refractivity contribution is 0.288. The topological polar surface area (TPSA) is 20.2 Å². The standard InChI is InChI=1S/C12H22O/c1-4-11(2)7-5-8-12(3)9-6-10-13/h4,8,13H,5-7,9-10H2,1-3H3. The molecule has 1 N–H and O–H groups in total. The molecule has 0 aliphatic heterocycles. The van der Waals surface area contributed by atoms with E-state index in [-0.39, 0.29) is 0 Å². The van der Waals surface area contributed by atoms with Crippen molar-refractivity contribution in [3.8, 4) is 0 Å². The average molecular weight is 182 g/mol. The Labute approximate surface area is 82.2 Å². The monoisotopic (exact) mass is 182 g/mol. The summed E-state index contributed by atoms with van der Waals surface area (Å²) in [4.78, 5) is 0. The van der Waals surface area contributed by atoms with Gasteiger partial charge in [-0.25, -0.2) is 0 Å². The smallest absolute Gasteiger partial charge is 0.0434 e. The first-order valence-electron chi connectivity index (χ1n) is 5.09. The van der Waals surface area contributed by atoms with Crippen LogP contribution in [0.2, 0.25) is 0 Å². The van der Waals surface area contributed by atoms with Crippen LogP contribution in [-0.4, -0.2) is 11.7 Å². The molecule has 0 bridgehead atoms. The van der Waals surface area contributed by atoms with E-state index in [2.05, 4.69) is 32.9 Å². The number of aliphatic hydroxyl groups is 1. The zero-order chi connectivity index (χ0) is 10.1. The largest absolute Gasteiger partial charge is 0.396 e. The van der Waals surface area contributed by atoms with E-state index >= 15 is 0 Å². The van der Waals surface area contributed by atoms with Gasteiger partial charge in [0.15, 0.2) is 0 Å². The summed E-state index contributed by atoms with van der Waals surface area (Å²) in [5.74, 6) is 0. The van der Waals surface area contributed by atoms with Crippen molar-refractivity contribution in [2.75, 3.05) is 6.61 Å². The number of allylic oxidation sites excluding steroid dienone is 4. The molecule has 0 saturated carbocycles. The van der Waals surface area contributed by atoms with Gasteiger partial charge in [0, 0.05) is 6.61 Å². The van der Waals surface area contributed by atoms with Crippen molar-refractivity contribution >= 4 is 0 Å². The van der Waals surface area contributed by atoms with Crippen molar-refractivity contribution in [1.29, 1.82) is 0 Å². The van der Waals surface area contributed by atoms with Crippen LogP contribution in [0.5, 0.6) is 0 Å². The maximum Gasteiger partial charge on any atom is 0.0434 e. The SMILES string of the molecule is CC=C(C)CCC=C(C)CCCO. The highest BCUT2D eigenvalue weighted by atomic mass is 16.2. The van der Waals surface area contributed by atoms with Gasteiger partial charge in [-0.15, -0.1) is 0 Å². The Morgan fingerprint density at radius 1 is 1.15 bits per heavy atom. The van der Waals surface area contributed by atoms with Crippen LogP contribution in [-0.2, 0) is 0 Å². The minimum absolute atomic E-state index is 0.305. The van der Waals surface area contributed by atoms with Gasteiger partial charge in [0.2, 0.25) is 0 Å². The van der Waals surface area contributed by atoms with E-state index in [9.17, 15) is 0 Å². The predicted octanol–water partition coefficient (Wildman–Crippen LogP) is 3.45. The molecule has 0 fully saturated rings. The van der Waals surface area contributed by atoms with Crippen LogP contribution in [0.4, 0.5) is 0 Å². The Kier molecular flexibility index (Phi) is 7.71. The van der Waals surface area contributed by atoms with Crippen LogP contribution >= 0.6 is 0 Å². The molecule has 0 aromatic rings. The van der Waals surface area contributed by atoms with E-state index in [0.717, 1.165) is 25.7 Å². The molecule has 0 unspecified atom stereocenters. The first kappa shape index (κ1) is 12.4. The lowest BCUT2D eigenvalue weighted by Gasteiger charge is -2.00. The van der Waals surface area contributed by atoms with Crippen molar-refractivity contribution < 1.29 is 5.11 Å². The minimum atomic E-state index is 0.305. The highest BCUT2D eigenvalue weighted by Gasteiger charge is 1.90. The molecule has 0 spiro atoms. The Hall–Kier alpha value is -0.560. The minimum Gasteiger partial charge on any atom is -0.396 e. The number of hydrogen-bond donors (Lipinski definition) is 1. The first-order valence-corrected chi connectivity index (χ1v) is 5.09. The summed E-state index contributed by atoms with van der Waals surface area (Å²) < 4.78 is 0. The molecule has 76 valence electrons. The summed E-state index contributed by atoms with van der Waals surface area (Å²) in [5, 5.41) is 8.63. The third-order valence-electron chi connectivity index (χ3n) is 2.25. The van der Waals surface area contributed by atoms with Crippen molar-refractivity contribution in [2.24, 2.45) is 0 Å². The third-order valence-corrected chi connectivity index (χ3v) is 2.25. The second-order valence-electron chi connectivity index (χ2n) is 3.55. The fourth-order valence-corrected chi connectivity index (χ4v) is 1.15. The van der Waals surface area contributed by atoms with Gasteiger partial charge >= 0.3 is 0 Å². The Bertz CT molecular complexity index is 178. The van der Waals surface area contributed by atoms with E-state index in [1.807, 2.05) is 0 Å². The average Bonchev–Trinajstić information content (AvgIpc) is 2.14. The molecule has 13 heavy (non-hydrogen) atoms. The highest BCUT2D eigenvalue weighted by molar-refractivity contribution is 5.02. The van der Waals surface area contributed by atoms with Crippen LogP contribution in [0.1, 0.15) is 46.5 Å².